The SMILES string of the molecule is COC(=O)C(C(C)=O)C1c2ccccc2OCC1Cc1ccccc1. The van der Waals surface area contributed by atoms with Crippen LogP contribution < -0.4 is 4.74 Å². The maximum atomic E-state index is 12.4. The van der Waals surface area contributed by atoms with E-state index in [1.54, 1.807) is 0 Å². The zero-order valence-corrected chi connectivity index (χ0v) is 14.5. The van der Waals surface area contributed by atoms with Gasteiger partial charge in [-0.15, -0.1) is 0 Å². The van der Waals surface area contributed by atoms with Crippen molar-refractivity contribution in [1.82, 2.24) is 0 Å². The number of carbonyl (C=O) groups is 2. The van der Waals surface area contributed by atoms with E-state index in [1.165, 1.54) is 14.0 Å². The van der Waals surface area contributed by atoms with Gasteiger partial charge in [0.1, 0.15) is 17.5 Å². The molecule has 130 valence electrons. The summed E-state index contributed by atoms with van der Waals surface area (Å²) in [6, 6.07) is 17.7. The van der Waals surface area contributed by atoms with Crippen LogP contribution in [0.1, 0.15) is 24.0 Å². The second-order valence-corrected chi connectivity index (χ2v) is 6.44. The maximum Gasteiger partial charge on any atom is 0.316 e. The summed E-state index contributed by atoms with van der Waals surface area (Å²) in [5.41, 5.74) is 2.06. The first-order valence-electron chi connectivity index (χ1n) is 8.45. The molecule has 1 aliphatic rings. The van der Waals surface area contributed by atoms with Gasteiger partial charge in [-0.2, -0.15) is 0 Å². The fourth-order valence-corrected chi connectivity index (χ4v) is 3.69. The fourth-order valence-electron chi connectivity index (χ4n) is 3.69. The molecule has 0 amide bonds. The smallest absolute Gasteiger partial charge is 0.316 e. The van der Waals surface area contributed by atoms with Gasteiger partial charge in [0.15, 0.2) is 0 Å². The van der Waals surface area contributed by atoms with Crippen LogP contribution in [-0.4, -0.2) is 25.5 Å². The van der Waals surface area contributed by atoms with Gasteiger partial charge in [0, 0.05) is 11.8 Å². The van der Waals surface area contributed by atoms with E-state index in [9.17, 15) is 9.59 Å². The highest BCUT2D eigenvalue weighted by atomic mass is 16.5. The minimum absolute atomic E-state index is 0.0188. The van der Waals surface area contributed by atoms with E-state index in [0.717, 1.165) is 23.3 Å². The van der Waals surface area contributed by atoms with E-state index in [4.69, 9.17) is 9.47 Å². The lowest BCUT2D eigenvalue weighted by Crippen LogP contribution is -2.39. The summed E-state index contributed by atoms with van der Waals surface area (Å²) >= 11 is 0. The summed E-state index contributed by atoms with van der Waals surface area (Å²) in [5.74, 6) is -0.963. The third kappa shape index (κ3) is 3.58. The number of ether oxygens (including phenoxy) is 2. The van der Waals surface area contributed by atoms with E-state index >= 15 is 0 Å². The number of methoxy groups -OCH3 is 1. The normalized spacial score (nSPS) is 20.1. The Bertz CT molecular complexity index is 754. The number of para-hydroxylation sites is 1. The first-order valence-corrected chi connectivity index (χ1v) is 8.45. The van der Waals surface area contributed by atoms with Gasteiger partial charge in [0.25, 0.3) is 0 Å². The number of hydrogen-bond donors (Lipinski definition) is 0. The zero-order valence-electron chi connectivity index (χ0n) is 14.5. The molecule has 0 N–H and O–H groups in total. The highest BCUT2D eigenvalue weighted by molar-refractivity contribution is 5.99. The van der Waals surface area contributed by atoms with E-state index in [2.05, 4.69) is 12.1 Å². The van der Waals surface area contributed by atoms with E-state index in [0.29, 0.717) is 6.61 Å². The third-order valence-corrected chi connectivity index (χ3v) is 4.83. The Morgan fingerprint density at radius 2 is 1.80 bits per heavy atom. The number of hydrogen-bond acceptors (Lipinski definition) is 4. The molecule has 0 aromatic heterocycles. The lowest BCUT2D eigenvalue weighted by molar-refractivity contribution is -0.151. The van der Waals surface area contributed by atoms with Gasteiger partial charge in [-0.25, -0.2) is 0 Å². The average Bonchev–Trinajstić information content (AvgIpc) is 2.63. The van der Waals surface area contributed by atoms with Gasteiger partial charge in [-0.3, -0.25) is 9.59 Å². The van der Waals surface area contributed by atoms with Gasteiger partial charge >= 0.3 is 5.97 Å². The monoisotopic (exact) mass is 338 g/mol. The van der Waals surface area contributed by atoms with Gasteiger partial charge < -0.3 is 9.47 Å². The first kappa shape index (κ1) is 17.2. The Morgan fingerprint density at radius 3 is 2.48 bits per heavy atom. The quantitative estimate of drug-likeness (QED) is 0.619. The van der Waals surface area contributed by atoms with E-state index in [-0.39, 0.29) is 17.6 Å². The highest BCUT2D eigenvalue weighted by Gasteiger charge is 2.42. The Hall–Kier alpha value is -2.62. The molecule has 0 aliphatic carbocycles. The summed E-state index contributed by atoms with van der Waals surface area (Å²) in [6.07, 6.45) is 0.737. The number of fused-ring (bicyclic) bond motifs is 1. The number of ketones is 1. The summed E-state index contributed by atoms with van der Waals surface area (Å²) in [6.45, 7) is 1.93. The lowest BCUT2D eigenvalue weighted by atomic mass is 9.72. The molecule has 0 radical (unpaired) electrons. The Kier molecular flexibility index (Phi) is 5.17. The molecule has 2 aromatic carbocycles. The summed E-state index contributed by atoms with van der Waals surface area (Å²) in [7, 11) is 1.33. The van der Waals surface area contributed by atoms with Crippen LogP contribution in [0.25, 0.3) is 0 Å². The predicted molar refractivity (Wildman–Crippen MR) is 94.5 cm³/mol. The summed E-state index contributed by atoms with van der Waals surface area (Å²) < 4.78 is 10.9. The molecular formula is C21H22O4. The van der Waals surface area contributed by atoms with Crippen molar-refractivity contribution in [2.75, 3.05) is 13.7 Å². The number of benzene rings is 2. The first-order chi connectivity index (χ1) is 12.1. The summed E-state index contributed by atoms with van der Waals surface area (Å²) in [5, 5.41) is 0. The van der Waals surface area contributed by atoms with Crippen LogP contribution in [0.2, 0.25) is 0 Å². The Labute approximate surface area is 147 Å². The van der Waals surface area contributed by atoms with Gasteiger partial charge in [-0.05, 0) is 30.5 Å². The van der Waals surface area contributed by atoms with Crippen molar-refractivity contribution in [3.63, 3.8) is 0 Å². The van der Waals surface area contributed by atoms with Crippen LogP contribution in [0.4, 0.5) is 0 Å². The van der Waals surface area contributed by atoms with Crippen molar-refractivity contribution in [3.05, 3.63) is 65.7 Å². The number of esters is 1. The minimum Gasteiger partial charge on any atom is -0.493 e. The van der Waals surface area contributed by atoms with Crippen molar-refractivity contribution in [2.45, 2.75) is 19.3 Å². The standard InChI is InChI=1S/C21H22O4/c1-14(22)19(21(23)24-2)20-16(12-15-8-4-3-5-9-15)13-25-18-11-7-6-10-17(18)20/h3-11,16,19-20H,12-13H2,1-2H3. The van der Waals surface area contributed by atoms with Gasteiger partial charge in [0.2, 0.25) is 0 Å². The second kappa shape index (κ2) is 7.51. The number of carbonyl (C=O) groups excluding carboxylic acids is 2. The molecule has 3 atom stereocenters. The van der Waals surface area contributed by atoms with Crippen LogP contribution in [0, 0.1) is 11.8 Å². The molecule has 3 unspecified atom stereocenters. The number of rotatable bonds is 5. The van der Waals surface area contributed by atoms with E-state index < -0.39 is 11.9 Å². The molecule has 25 heavy (non-hydrogen) atoms. The molecule has 1 heterocycles. The molecule has 0 bridgehead atoms. The second-order valence-electron chi connectivity index (χ2n) is 6.44. The summed E-state index contributed by atoms with van der Waals surface area (Å²) in [4.78, 5) is 24.7. The largest absolute Gasteiger partial charge is 0.493 e. The van der Waals surface area contributed by atoms with Gasteiger partial charge in [-0.1, -0.05) is 48.5 Å². The van der Waals surface area contributed by atoms with Crippen LogP contribution in [-0.2, 0) is 20.7 Å². The molecule has 3 rings (SSSR count). The van der Waals surface area contributed by atoms with Crippen LogP contribution in [0.3, 0.4) is 0 Å². The van der Waals surface area contributed by atoms with Crippen molar-refractivity contribution in [2.24, 2.45) is 11.8 Å². The van der Waals surface area contributed by atoms with Crippen molar-refractivity contribution < 1.29 is 19.1 Å². The lowest BCUT2D eigenvalue weighted by Gasteiger charge is -2.36. The maximum absolute atomic E-state index is 12.4. The molecule has 4 nitrogen and oxygen atoms in total. The molecule has 0 fully saturated rings. The molecular weight excluding hydrogens is 316 g/mol. The molecule has 0 spiro atoms. The van der Waals surface area contributed by atoms with Crippen molar-refractivity contribution >= 4 is 11.8 Å². The molecule has 2 aromatic rings. The Morgan fingerprint density at radius 1 is 1.12 bits per heavy atom. The Balaban J connectivity index is 2.02. The molecule has 0 saturated heterocycles. The molecule has 0 saturated carbocycles. The third-order valence-electron chi connectivity index (χ3n) is 4.83. The zero-order chi connectivity index (χ0) is 17.8. The number of Topliss-reactive ketones (excluding diaryl/α,β-unsaturated/α-hetero) is 1. The van der Waals surface area contributed by atoms with Crippen LogP contribution in [0.15, 0.2) is 54.6 Å². The highest BCUT2D eigenvalue weighted by Crippen LogP contribution is 2.43. The van der Waals surface area contributed by atoms with Gasteiger partial charge in [0.05, 0.1) is 13.7 Å². The van der Waals surface area contributed by atoms with Crippen LogP contribution >= 0.6 is 0 Å². The van der Waals surface area contributed by atoms with Crippen molar-refractivity contribution in [1.29, 1.82) is 0 Å². The van der Waals surface area contributed by atoms with E-state index in [1.807, 2.05) is 42.5 Å². The topological polar surface area (TPSA) is 52.6 Å². The molecule has 1 aliphatic heterocycles. The predicted octanol–water partition coefficient (Wildman–Crippen LogP) is 3.40. The molecule has 4 heteroatoms. The fraction of sp³-hybridized carbons (Fsp3) is 0.333. The van der Waals surface area contributed by atoms with Crippen molar-refractivity contribution in [3.8, 4) is 5.75 Å². The van der Waals surface area contributed by atoms with Crippen LogP contribution in [0.5, 0.6) is 5.75 Å². The minimum atomic E-state index is -0.816. The average molecular weight is 338 g/mol.